The van der Waals surface area contributed by atoms with Gasteiger partial charge >= 0.3 is 5.97 Å². The number of carbonyl (C=O) groups excluding carboxylic acids is 2. The second kappa shape index (κ2) is 9.54. The van der Waals surface area contributed by atoms with E-state index in [1.165, 1.54) is 11.1 Å². The molecule has 2 atom stereocenters. The molecular formula is C25H27NO3S. The quantitative estimate of drug-likeness (QED) is 0.382. The lowest BCUT2D eigenvalue weighted by atomic mass is 9.81. The average Bonchev–Trinajstić information content (AvgIpc) is 3.16. The fraction of sp³-hybridized carbons (Fsp3) is 0.360. The third kappa shape index (κ3) is 4.63. The highest BCUT2D eigenvalue weighted by Gasteiger charge is 2.32. The smallest absolute Gasteiger partial charge is 0.313 e. The van der Waals surface area contributed by atoms with E-state index < -0.39 is 0 Å². The van der Waals surface area contributed by atoms with Crippen molar-refractivity contribution in [3.63, 3.8) is 0 Å². The Balaban J connectivity index is 1.36. The topological polar surface area (TPSA) is 55.4 Å². The molecule has 4 nitrogen and oxygen atoms in total. The van der Waals surface area contributed by atoms with Crippen molar-refractivity contribution in [2.45, 2.75) is 38.2 Å². The summed E-state index contributed by atoms with van der Waals surface area (Å²) in [5.74, 6) is -0.0755. The first-order valence-electron chi connectivity index (χ1n) is 10.6. The molecule has 1 unspecified atom stereocenters. The molecule has 0 spiro atoms. The lowest BCUT2D eigenvalue weighted by Gasteiger charge is -2.34. The normalized spacial score (nSPS) is 16.0. The SMILES string of the molecule is CC(C(=O)O[C@@H](CNCC(=O)c1ccccc1)C1CCC1)c1csc2ccccc12. The molecule has 1 saturated carbocycles. The Labute approximate surface area is 181 Å². The Bertz CT molecular complexity index is 1010. The molecule has 1 heterocycles. The number of fused-ring (bicyclic) bond motifs is 1. The number of carbonyl (C=O) groups is 2. The Morgan fingerprint density at radius 3 is 2.57 bits per heavy atom. The number of benzene rings is 2. The standard InChI is InChI=1S/C25H27NO3S/c1-17(21-16-30-24-13-6-5-12-20(21)24)25(28)29-23(19-10-7-11-19)15-26-14-22(27)18-8-3-2-4-9-18/h2-6,8-9,12-13,16-17,19,23,26H,7,10-11,14-15H2,1H3/t17?,23-/m0/s1. The second-order valence-electron chi connectivity index (χ2n) is 8.00. The number of thiophene rings is 1. The Kier molecular flexibility index (Phi) is 6.60. The van der Waals surface area contributed by atoms with Crippen LogP contribution < -0.4 is 5.32 Å². The van der Waals surface area contributed by atoms with Gasteiger partial charge in [0.2, 0.25) is 0 Å². The van der Waals surface area contributed by atoms with Crippen molar-refractivity contribution in [1.82, 2.24) is 5.32 Å². The first-order chi connectivity index (χ1) is 14.6. The van der Waals surface area contributed by atoms with Gasteiger partial charge in [0, 0.05) is 16.8 Å². The van der Waals surface area contributed by atoms with Gasteiger partial charge in [-0.1, -0.05) is 55.0 Å². The molecule has 1 aliphatic rings. The third-order valence-corrected chi connectivity index (χ3v) is 6.98. The minimum Gasteiger partial charge on any atom is -0.460 e. The minimum absolute atomic E-state index is 0.0485. The van der Waals surface area contributed by atoms with E-state index in [1.54, 1.807) is 11.3 Å². The maximum atomic E-state index is 12.9. The van der Waals surface area contributed by atoms with Crippen molar-refractivity contribution >= 4 is 33.2 Å². The number of Topliss-reactive ketones (excluding diaryl/α,β-unsaturated/α-hetero) is 1. The maximum absolute atomic E-state index is 12.9. The van der Waals surface area contributed by atoms with Crippen LogP contribution in [0, 0.1) is 5.92 Å². The van der Waals surface area contributed by atoms with Gasteiger partial charge < -0.3 is 10.1 Å². The van der Waals surface area contributed by atoms with Gasteiger partial charge in [-0.05, 0) is 48.1 Å². The maximum Gasteiger partial charge on any atom is 0.313 e. The average molecular weight is 422 g/mol. The fourth-order valence-corrected chi connectivity index (χ4v) is 4.94. The van der Waals surface area contributed by atoms with Crippen LogP contribution in [0.4, 0.5) is 0 Å². The first kappa shape index (κ1) is 20.8. The molecule has 5 heteroatoms. The van der Waals surface area contributed by atoms with Crippen molar-refractivity contribution in [3.8, 4) is 0 Å². The van der Waals surface area contributed by atoms with E-state index in [9.17, 15) is 9.59 Å². The van der Waals surface area contributed by atoms with Crippen LogP contribution in [-0.2, 0) is 9.53 Å². The lowest BCUT2D eigenvalue weighted by Crippen LogP contribution is -2.41. The number of esters is 1. The fourth-order valence-electron chi connectivity index (χ4n) is 3.88. The monoisotopic (exact) mass is 421 g/mol. The van der Waals surface area contributed by atoms with Crippen molar-refractivity contribution in [1.29, 1.82) is 0 Å². The molecule has 3 aromatic rings. The molecule has 0 aliphatic heterocycles. The molecule has 2 aromatic carbocycles. The van der Waals surface area contributed by atoms with Crippen LogP contribution in [0.1, 0.15) is 48.0 Å². The van der Waals surface area contributed by atoms with Gasteiger partial charge in [-0.2, -0.15) is 0 Å². The number of ketones is 1. The van der Waals surface area contributed by atoms with Crippen molar-refractivity contribution in [3.05, 3.63) is 71.1 Å². The highest BCUT2D eigenvalue weighted by Crippen LogP contribution is 2.34. The van der Waals surface area contributed by atoms with Gasteiger partial charge in [0.05, 0.1) is 12.5 Å². The third-order valence-electron chi connectivity index (χ3n) is 6.00. The summed E-state index contributed by atoms with van der Waals surface area (Å²) in [5.41, 5.74) is 1.72. The number of hydrogen-bond acceptors (Lipinski definition) is 5. The predicted octanol–water partition coefficient (Wildman–Crippen LogP) is 5.19. The van der Waals surface area contributed by atoms with E-state index in [2.05, 4.69) is 22.8 Å². The zero-order valence-electron chi connectivity index (χ0n) is 17.2. The van der Waals surface area contributed by atoms with E-state index in [0.717, 1.165) is 23.8 Å². The molecule has 30 heavy (non-hydrogen) atoms. The number of nitrogens with one attached hydrogen (secondary N) is 1. The molecule has 4 rings (SSSR count). The van der Waals surface area contributed by atoms with E-state index in [4.69, 9.17) is 4.74 Å². The van der Waals surface area contributed by atoms with Gasteiger partial charge in [-0.3, -0.25) is 9.59 Å². The minimum atomic E-state index is -0.310. The lowest BCUT2D eigenvalue weighted by molar-refractivity contribution is -0.154. The largest absolute Gasteiger partial charge is 0.460 e. The number of rotatable bonds is 9. The van der Waals surface area contributed by atoms with Crippen LogP contribution >= 0.6 is 11.3 Å². The van der Waals surface area contributed by atoms with Crippen LogP contribution in [0.2, 0.25) is 0 Å². The number of ether oxygens (including phenoxy) is 1. The van der Waals surface area contributed by atoms with E-state index in [-0.39, 0.29) is 30.3 Å². The van der Waals surface area contributed by atoms with E-state index >= 15 is 0 Å². The van der Waals surface area contributed by atoms with Gasteiger partial charge in [-0.25, -0.2) is 0 Å². The molecule has 156 valence electrons. The van der Waals surface area contributed by atoms with Crippen molar-refractivity contribution in [2.24, 2.45) is 5.92 Å². The highest BCUT2D eigenvalue weighted by molar-refractivity contribution is 7.17. The van der Waals surface area contributed by atoms with Crippen LogP contribution in [-0.4, -0.2) is 30.9 Å². The Morgan fingerprint density at radius 1 is 1.10 bits per heavy atom. The van der Waals surface area contributed by atoms with Crippen LogP contribution in [0.15, 0.2) is 60.0 Å². The van der Waals surface area contributed by atoms with Crippen LogP contribution in [0.3, 0.4) is 0 Å². The summed E-state index contributed by atoms with van der Waals surface area (Å²) in [4.78, 5) is 25.3. The predicted molar refractivity (Wildman–Crippen MR) is 121 cm³/mol. The number of hydrogen-bond donors (Lipinski definition) is 1. The highest BCUT2D eigenvalue weighted by atomic mass is 32.1. The molecule has 1 aromatic heterocycles. The van der Waals surface area contributed by atoms with E-state index in [0.29, 0.717) is 18.0 Å². The zero-order chi connectivity index (χ0) is 20.9. The molecule has 1 aliphatic carbocycles. The summed E-state index contributed by atoms with van der Waals surface area (Å²) < 4.78 is 7.15. The summed E-state index contributed by atoms with van der Waals surface area (Å²) >= 11 is 1.66. The summed E-state index contributed by atoms with van der Waals surface area (Å²) in [6, 6.07) is 17.4. The van der Waals surface area contributed by atoms with Crippen LogP contribution in [0.25, 0.3) is 10.1 Å². The first-order valence-corrected chi connectivity index (χ1v) is 11.5. The summed E-state index contributed by atoms with van der Waals surface area (Å²) in [5, 5.41) is 6.40. The zero-order valence-corrected chi connectivity index (χ0v) is 18.0. The van der Waals surface area contributed by atoms with E-state index in [1.807, 2.05) is 49.4 Å². The van der Waals surface area contributed by atoms with Gasteiger partial charge in [0.1, 0.15) is 6.10 Å². The second-order valence-corrected chi connectivity index (χ2v) is 8.91. The van der Waals surface area contributed by atoms with Crippen LogP contribution in [0.5, 0.6) is 0 Å². The van der Waals surface area contributed by atoms with Gasteiger partial charge in [0.25, 0.3) is 0 Å². The molecule has 0 amide bonds. The van der Waals surface area contributed by atoms with Crippen molar-refractivity contribution < 1.29 is 14.3 Å². The molecule has 1 N–H and O–H groups in total. The molecule has 1 fully saturated rings. The molecule has 0 saturated heterocycles. The van der Waals surface area contributed by atoms with Crippen molar-refractivity contribution in [2.75, 3.05) is 13.1 Å². The van der Waals surface area contributed by atoms with Gasteiger partial charge in [0.15, 0.2) is 5.78 Å². The molecular weight excluding hydrogens is 394 g/mol. The molecule has 0 radical (unpaired) electrons. The molecule has 0 bridgehead atoms. The summed E-state index contributed by atoms with van der Waals surface area (Å²) in [6.45, 7) is 2.67. The Morgan fingerprint density at radius 2 is 1.83 bits per heavy atom. The van der Waals surface area contributed by atoms with Gasteiger partial charge in [-0.15, -0.1) is 11.3 Å². The Hall–Kier alpha value is -2.50. The summed E-state index contributed by atoms with van der Waals surface area (Å²) in [7, 11) is 0. The summed E-state index contributed by atoms with van der Waals surface area (Å²) in [6.07, 6.45) is 3.12.